The lowest BCUT2D eigenvalue weighted by Crippen LogP contribution is -2.40. The smallest absolute Gasteiger partial charge is 0.338 e. The van der Waals surface area contributed by atoms with Crippen LogP contribution in [0.5, 0.6) is 17.2 Å². The minimum atomic E-state index is -0.892. The Bertz CT molecular complexity index is 1640. The molecule has 0 saturated carbocycles. The highest BCUT2D eigenvalue weighted by atomic mass is 32.1. The predicted octanol–water partition coefficient (Wildman–Crippen LogP) is 2.82. The summed E-state index contributed by atoms with van der Waals surface area (Å²) >= 11 is 1.04. The van der Waals surface area contributed by atoms with Gasteiger partial charge in [-0.1, -0.05) is 17.4 Å². The van der Waals surface area contributed by atoms with Gasteiger partial charge in [0.25, 0.3) is 11.2 Å². The minimum absolute atomic E-state index is 0.102. The summed E-state index contributed by atoms with van der Waals surface area (Å²) in [5.74, 6) is 0.0903. The van der Waals surface area contributed by atoms with Gasteiger partial charge in [-0.2, -0.15) is 0 Å². The number of esters is 1. The van der Waals surface area contributed by atoms with Gasteiger partial charge < -0.3 is 19.3 Å². The molecule has 4 rings (SSSR count). The molecule has 3 aromatic rings. The fraction of sp³-hybridized carbons (Fsp3) is 0.269. The third-order valence-electron chi connectivity index (χ3n) is 5.83. The summed E-state index contributed by atoms with van der Waals surface area (Å²) in [6.45, 7) is 5.67. The molecule has 1 atom stereocenters. The molecule has 1 aliphatic heterocycles. The molecule has 12 heteroatoms. The van der Waals surface area contributed by atoms with Gasteiger partial charge in [0, 0.05) is 17.7 Å². The van der Waals surface area contributed by atoms with Gasteiger partial charge in [0.15, 0.2) is 16.3 Å². The number of ether oxygens (including phenoxy) is 3. The fourth-order valence-electron chi connectivity index (χ4n) is 4.15. The maximum atomic E-state index is 13.7. The van der Waals surface area contributed by atoms with Crippen LogP contribution in [-0.4, -0.2) is 40.9 Å². The normalized spacial score (nSPS) is 15.1. The van der Waals surface area contributed by atoms with Crippen LogP contribution < -0.4 is 24.4 Å². The molecule has 1 aromatic heterocycles. The quantitative estimate of drug-likeness (QED) is 0.262. The highest BCUT2D eigenvalue weighted by Gasteiger charge is 2.34. The number of aromatic hydroxyl groups is 1. The zero-order valence-corrected chi connectivity index (χ0v) is 21.9. The van der Waals surface area contributed by atoms with Gasteiger partial charge in [-0.3, -0.25) is 19.5 Å². The van der Waals surface area contributed by atoms with Crippen molar-refractivity contribution in [3.05, 3.63) is 88.6 Å². The van der Waals surface area contributed by atoms with E-state index in [1.165, 1.54) is 36.0 Å². The van der Waals surface area contributed by atoms with Crippen LogP contribution in [0, 0.1) is 10.1 Å². The van der Waals surface area contributed by atoms with Crippen molar-refractivity contribution in [2.45, 2.75) is 26.8 Å². The summed E-state index contributed by atoms with van der Waals surface area (Å²) in [5, 5.41) is 21.5. The number of nitro benzene ring substituents is 1. The summed E-state index contributed by atoms with van der Waals surface area (Å²) in [6, 6.07) is 7.77. The number of phenolic OH excluding ortho intramolecular Hbond substituents is 1. The molecule has 2 aromatic carbocycles. The molecule has 0 unspecified atom stereocenters. The Balaban J connectivity index is 1.98. The van der Waals surface area contributed by atoms with Crippen LogP contribution in [0.2, 0.25) is 0 Å². The lowest BCUT2D eigenvalue weighted by Gasteiger charge is -2.25. The van der Waals surface area contributed by atoms with Crippen LogP contribution in [-0.2, 0) is 9.53 Å². The van der Waals surface area contributed by atoms with E-state index in [9.17, 15) is 24.8 Å². The predicted molar refractivity (Wildman–Crippen MR) is 139 cm³/mol. The number of phenols is 1. The third kappa shape index (κ3) is 4.90. The number of non-ortho nitro benzene ring substituents is 1. The van der Waals surface area contributed by atoms with Crippen molar-refractivity contribution in [3.8, 4) is 17.2 Å². The number of rotatable bonds is 8. The monoisotopic (exact) mass is 539 g/mol. The molecule has 0 fully saturated rings. The summed E-state index contributed by atoms with van der Waals surface area (Å²) in [4.78, 5) is 42.3. The molecular formula is C26H25N3O8S. The number of carbonyl (C=O) groups excluding carboxylic acids is 1. The van der Waals surface area contributed by atoms with E-state index in [0.717, 1.165) is 11.3 Å². The van der Waals surface area contributed by atoms with Crippen molar-refractivity contribution in [2.24, 2.45) is 4.99 Å². The molecule has 0 spiro atoms. The van der Waals surface area contributed by atoms with Crippen LogP contribution in [0.4, 0.5) is 5.69 Å². The van der Waals surface area contributed by atoms with Crippen LogP contribution in [0.1, 0.15) is 37.9 Å². The molecular weight excluding hydrogens is 514 g/mol. The average Bonchev–Trinajstić information content (AvgIpc) is 3.18. The Morgan fingerprint density at radius 2 is 1.97 bits per heavy atom. The Morgan fingerprint density at radius 1 is 1.21 bits per heavy atom. The number of nitro groups is 1. The van der Waals surface area contributed by atoms with Crippen molar-refractivity contribution < 1.29 is 29.0 Å². The second kappa shape index (κ2) is 10.9. The summed E-state index contributed by atoms with van der Waals surface area (Å²) in [5.41, 5.74) is 0.516. The van der Waals surface area contributed by atoms with E-state index < -0.39 is 22.5 Å². The van der Waals surface area contributed by atoms with Gasteiger partial charge in [0.2, 0.25) is 0 Å². The standard InChI is InChI=1S/C26H25N3O8S/c1-5-36-20-12-15(7-10-19(20)35-4)23-22(25(32)37-6-2)14(3)27-26-28(23)24(31)21(38-26)13-16-11-17(29(33)34)8-9-18(16)30/h7-13,23,30H,5-6H2,1-4H3/b21-13-/t23-/m1/s1. The molecule has 11 nitrogen and oxygen atoms in total. The van der Waals surface area contributed by atoms with Gasteiger partial charge in [-0.25, -0.2) is 9.79 Å². The lowest BCUT2D eigenvalue weighted by atomic mass is 9.95. The highest BCUT2D eigenvalue weighted by molar-refractivity contribution is 7.07. The Labute approximate surface area is 220 Å². The lowest BCUT2D eigenvalue weighted by molar-refractivity contribution is -0.384. The van der Waals surface area contributed by atoms with Crippen molar-refractivity contribution in [2.75, 3.05) is 20.3 Å². The van der Waals surface area contributed by atoms with E-state index in [0.29, 0.717) is 34.2 Å². The van der Waals surface area contributed by atoms with E-state index in [4.69, 9.17) is 14.2 Å². The number of carbonyl (C=O) groups is 1. The number of allylic oxidation sites excluding steroid dienone is 1. The van der Waals surface area contributed by atoms with Gasteiger partial charge in [0.1, 0.15) is 5.75 Å². The molecule has 0 bridgehead atoms. The van der Waals surface area contributed by atoms with Crippen LogP contribution in [0.25, 0.3) is 6.08 Å². The Kier molecular flexibility index (Phi) is 7.62. The number of benzene rings is 2. The number of hydrogen-bond acceptors (Lipinski definition) is 10. The SMILES string of the molecule is CCOC(=O)C1=C(C)N=c2s/c(=C\c3cc([N+](=O)[O-])ccc3O)c(=O)n2[C@@H]1c1ccc(OC)c(OCC)c1. The molecule has 1 aliphatic rings. The molecule has 0 amide bonds. The topological polar surface area (TPSA) is 142 Å². The maximum Gasteiger partial charge on any atom is 0.338 e. The summed E-state index contributed by atoms with van der Waals surface area (Å²) in [7, 11) is 1.51. The zero-order valence-electron chi connectivity index (χ0n) is 21.1. The number of fused-ring (bicyclic) bond motifs is 1. The minimum Gasteiger partial charge on any atom is -0.507 e. The number of hydrogen-bond donors (Lipinski definition) is 1. The van der Waals surface area contributed by atoms with E-state index in [1.807, 2.05) is 6.92 Å². The highest BCUT2D eigenvalue weighted by Crippen LogP contribution is 2.36. The molecule has 0 aliphatic carbocycles. The van der Waals surface area contributed by atoms with Gasteiger partial charge >= 0.3 is 5.97 Å². The molecule has 38 heavy (non-hydrogen) atoms. The second-order valence-corrected chi connectivity index (χ2v) is 9.15. The van der Waals surface area contributed by atoms with Gasteiger partial charge in [-0.15, -0.1) is 0 Å². The zero-order chi connectivity index (χ0) is 27.6. The van der Waals surface area contributed by atoms with Crippen molar-refractivity contribution in [3.63, 3.8) is 0 Å². The molecule has 1 N–H and O–H groups in total. The number of aromatic nitrogens is 1. The Morgan fingerprint density at radius 3 is 2.63 bits per heavy atom. The number of methoxy groups -OCH3 is 1. The molecule has 0 radical (unpaired) electrons. The molecule has 0 saturated heterocycles. The second-order valence-electron chi connectivity index (χ2n) is 8.15. The molecule has 2 heterocycles. The van der Waals surface area contributed by atoms with Crippen LogP contribution in [0.3, 0.4) is 0 Å². The average molecular weight is 540 g/mol. The summed E-state index contributed by atoms with van der Waals surface area (Å²) in [6.07, 6.45) is 1.37. The number of thiazole rings is 1. The number of nitrogens with zero attached hydrogens (tertiary/aromatic N) is 3. The van der Waals surface area contributed by atoms with E-state index in [2.05, 4.69) is 4.99 Å². The van der Waals surface area contributed by atoms with Crippen LogP contribution >= 0.6 is 11.3 Å². The van der Waals surface area contributed by atoms with Gasteiger partial charge in [-0.05, 0) is 50.6 Å². The van der Waals surface area contributed by atoms with Gasteiger partial charge in [0.05, 0.1) is 47.1 Å². The largest absolute Gasteiger partial charge is 0.507 e. The third-order valence-corrected chi connectivity index (χ3v) is 6.81. The first-order valence-electron chi connectivity index (χ1n) is 11.7. The molecule has 198 valence electrons. The Hall–Kier alpha value is -4.45. The first-order valence-corrected chi connectivity index (χ1v) is 12.5. The van der Waals surface area contributed by atoms with E-state index in [1.54, 1.807) is 32.0 Å². The van der Waals surface area contributed by atoms with Crippen molar-refractivity contribution in [1.82, 2.24) is 4.57 Å². The first kappa shape index (κ1) is 26.6. The van der Waals surface area contributed by atoms with E-state index >= 15 is 0 Å². The maximum absolute atomic E-state index is 13.7. The first-order chi connectivity index (χ1) is 18.2. The van der Waals surface area contributed by atoms with Crippen molar-refractivity contribution in [1.29, 1.82) is 0 Å². The summed E-state index contributed by atoms with van der Waals surface area (Å²) < 4.78 is 18.0. The van der Waals surface area contributed by atoms with E-state index in [-0.39, 0.29) is 33.7 Å². The van der Waals surface area contributed by atoms with Crippen LogP contribution in [0.15, 0.2) is 57.5 Å². The fourth-order valence-corrected chi connectivity index (χ4v) is 5.19. The van der Waals surface area contributed by atoms with Crippen molar-refractivity contribution >= 4 is 29.1 Å².